The summed E-state index contributed by atoms with van der Waals surface area (Å²) in [6.45, 7) is 3.87. The van der Waals surface area contributed by atoms with Crippen LogP contribution in [0.4, 0.5) is 8.78 Å². The van der Waals surface area contributed by atoms with E-state index in [4.69, 9.17) is 4.74 Å². The fourth-order valence-electron chi connectivity index (χ4n) is 2.53. The van der Waals surface area contributed by atoms with Gasteiger partial charge in [0.15, 0.2) is 0 Å². The summed E-state index contributed by atoms with van der Waals surface area (Å²) >= 11 is 0. The van der Waals surface area contributed by atoms with E-state index in [0.717, 1.165) is 5.56 Å². The SMILES string of the molecule is COc1ccc(F)cc1[C@@H](C)N[C@H](C)C(=O)NCc1ccc(F)cc1. The molecule has 0 spiro atoms. The van der Waals surface area contributed by atoms with Gasteiger partial charge in [0.2, 0.25) is 5.91 Å². The number of amides is 1. The van der Waals surface area contributed by atoms with E-state index in [1.807, 2.05) is 6.92 Å². The molecule has 0 aromatic heterocycles. The minimum atomic E-state index is -0.497. The summed E-state index contributed by atoms with van der Waals surface area (Å²) in [6, 6.07) is 9.43. The molecule has 134 valence electrons. The van der Waals surface area contributed by atoms with E-state index < -0.39 is 6.04 Å². The molecule has 2 aromatic rings. The topological polar surface area (TPSA) is 50.4 Å². The van der Waals surface area contributed by atoms with Crippen molar-refractivity contribution in [2.45, 2.75) is 32.5 Å². The molecule has 2 aromatic carbocycles. The predicted molar refractivity (Wildman–Crippen MR) is 92.2 cm³/mol. The normalized spacial score (nSPS) is 13.2. The Balaban J connectivity index is 1.94. The molecule has 1 amide bonds. The second-order valence-corrected chi connectivity index (χ2v) is 5.84. The Morgan fingerprint density at radius 2 is 1.72 bits per heavy atom. The van der Waals surface area contributed by atoms with Gasteiger partial charge in [-0.3, -0.25) is 10.1 Å². The zero-order valence-electron chi connectivity index (χ0n) is 14.5. The first kappa shape index (κ1) is 18.9. The average molecular weight is 348 g/mol. The number of methoxy groups -OCH3 is 1. The first-order valence-electron chi connectivity index (χ1n) is 8.02. The van der Waals surface area contributed by atoms with Gasteiger partial charge in [0.05, 0.1) is 13.2 Å². The maximum Gasteiger partial charge on any atom is 0.237 e. The molecule has 0 heterocycles. The van der Waals surface area contributed by atoms with E-state index >= 15 is 0 Å². The molecular formula is C19H22F2N2O2. The predicted octanol–water partition coefficient (Wildman–Crippen LogP) is 3.33. The van der Waals surface area contributed by atoms with E-state index in [1.165, 1.54) is 31.4 Å². The third-order valence-corrected chi connectivity index (χ3v) is 3.93. The molecule has 0 aliphatic heterocycles. The molecular weight excluding hydrogens is 326 g/mol. The van der Waals surface area contributed by atoms with Gasteiger partial charge in [0.1, 0.15) is 17.4 Å². The summed E-state index contributed by atoms with van der Waals surface area (Å²) < 4.78 is 31.6. The van der Waals surface area contributed by atoms with Crippen LogP contribution < -0.4 is 15.4 Å². The summed E-state index contributed by atoms with van der Waals surface area (Å²) in [7, 11) is 1.52. The number of ether oxygens (including phenoxy) is 1. The molecule has 0 saturated carbocycles. The van der Waals surface area contributed by atoms with Crippen LogP contribution in [0.5, 0.6) is 5.75 Å². The molecule has 2 rings (SSSR count). The lowest BCUT2D eigenvalue weighted by atomic mass is 10.1. The van der Waals surface area contributed by atoms with E-state index in [-0.39, 0.29) is 23.6 Å². The lowest BCUT2D eigenvalue weighted by molar-refractivity contribution is -0.123. The quantitative estimate of drug-likeness (QED) is 0.807. The Hall–Kier alpha value is -2.47. The summed E-state index contributed by atoms with van der Waals surface area (Å²) in [6.07, 6.45) is 0. The molecule has 0 radical (unpaired) electrons. The summed E-state index contributed by atoms with van der Waals surface area (Å²) in [5.41, 5.74) is 1.45. The van der Waals surface area contributed by atoms with E-state index in [1.54, 1.807) is 25.1 Å². The van der Waals surface area contributed by atoms with Gasteiger partial charge < -0.3 is 10.1 Å². The van der Waals surface area contributed by atoms with Crippen LogP contribution in [0, 0.1) is 11.6 Å². The largest absolute Gasteiger partial charge is 0.496 e. The molecule has 6 heteroatoms. The Morgan fingerprint density at radius 1 is 1.08 bits per heavy atom. The van der Waals surface area contributed by atoms with Crippen LogP contribution >= 0.6 is 0 Å². The number of carbonyl (C=O) groups is 1. The minimum Gasteiger partial charge on any atom is -0.496 e. The molecule has 0 bridgehead atoms. The third kappa shape index (κ3) is 5.26. The van der Waals surface area contributed by atoms with Crippen LogP contribution in [0.15, 0.2) is 42.5 Å². The third-order valence-electron chi connectivity index (χ3n) is 3.93. The Bertz CT molecular complexity index is 720. The minimum absolute atomic E-state index is 0.202. The second kappa shape index (κ2) is 8.58. The van der Waals surface area contributed by atoms with Crippen molar-refractivity contribution >= 4 is 5.91 Å². The maximum atomic E-state index is 13.5. The zero-order valence-corrected chi connectivity index (χ0v) is 14.5. The van der Waals surface area contributed by atoms with Crippen LogP contribution in [0.3, 0.4) is 0 Å². The number of hydrogen-bond acceptors (Lipinski definition) is 3. The van der Waals surface area contributed by atoms with Gasteiger partial charge in [-0.05, 0) is 49.7 Å². The standard InChI is InChI=1S/C19H22F2N2O2/c1-12(17-10-16(21)8-9-18(17)25-3)23-13(2)19(24)22-11-14-4-6-15(20)7-5-14/h4-10,12-13,23H,11H2,1-3H3,(H,22,24)/t12-,13-/m1/s1. The maximum absolute atomic E-state index is 13.5. The van der Waals surface area contributed by atoms with Crippen LogP contribution in [0.1, 0.15) is 31.0 Å². The molecule has 0 aliphatic rings. The number of hydrogen-bond donors (Lipinski definition) is 2. The van der Waals surface area contributed by atoms with Gasteiger partial charge in [-0.2, -0.15) is 0 Å². The molecule has 25 heavy (non-hydrogen) atoms. The lowest BCUT2D eigenvalue weighted by Gasteiger charge is -2.21. The monoisotopic (exact) mass is 348 g/mol. The fourth-order valence-corrected chi connectivity index (χ4v) is 2.53. The summed E-state index contributed by atoms with van der Waals surface area (Å²) in [5, 5.41) is 5.91. The van der Waals surface area contributed by atoms with Crippen molar-refractivity contribution in [1.82, 2.24) is 10.6 Å². The zero-order chi connectivity index (χ0) is 18.4. The molecule has 2 N–H and O–H groups in total. The smallest absolute Gasteiger partial charge is 0.237 e. The van der Waals surface area contributed by atoms with Crippen LogP contribution in [0.25, 0.3) is 0 Å². The van der Waals surface area contributed by atoms with Crippen LogP contribution in [0.2, 0.25) is 0 Å². The number of nitrogens with one attached hydrogen (secondary N) is 2. The molecule has 0 fully saturated rings. The highest BCUT2D eigenvalue weighted by atomic mass is 19.1. The van der Waals surface area contributed by atoms with Crippen molar-refractivity contribution in [2.75, 3.05) is 7.11 Å². The molecule has 0 saturated heterocycles. The van der Waals surface area contributed by atoms with Gasteiger partial charge in [0, 0.05) is 18.2 Å². The Labute approximate surface area is 146 Å². The van der Waals surface area contributed by atoms with E-state index in [2.05, 4.69) is 10.6 Å². The van der Waals surface area contributed by atoms with Crippen molar-refractivity contribution in [3.63, 3.8) is 0 Å². The van der Waals surface area contributed by atoms with Gasteiger partial charge >= 0.3 is 0 Å². The number of halogens is 2. The van der Waals surface area contributed by atoms with Gasteiger partial charge in [-0.1, -0.05) is 12.1 Å². The highest BCUT2D eigenvalue weighted by Gasteiger charge is 2.19. The summed E-state index contributed by atoms with van der Waals surface area (Å²) in [4.78, 5) is 12.2. The highest BCUT2D eigenvalue weighted by molar-refractivity contribution is 5.81. The fraction of sp³-hybridized carbons (Fsp3) is 0.316. The van der Waals surface area contributed by atoms with Crippen molar-refractivity contribution in [2.24, 2.45) is 0 Å². The van der Waals surface area contributed by atoms with Crippen molar-refractivity contribution < 1.29 is 18.3 Å². The van der Waals surface area contributed by atoms with E-state index in [9.17, 15) is 13.6 Å². The first-order valence-corrected chi connectivity index (χ1v) is 8.02. The molecule has 0 unspecified atom stereocenters. The van der Waals surface area contributed by atoms with Crippen molar-refractivity contribution in [3.8, 4) is 5.75 Å². The second-order valence-electron chi connectivity index (χ2n) is 5.84. The van der Waals surface area contributed by atoms with Crippen molar-refractivity contribution in [1.29, 1.82) is 0 Å². The van der Waals surface area contributed by atoms with Gasteiger partial charge in [-0.15, -0.1) is 0 Å². The molecule has 4 nitrogen and oxygen atoms in total. The number of carbonyl (C=O) groups excluding carboxylic acids is 1. The van der Waals surface area contributed by atoms with Crippen molar-refractivity contribution in [3.05, 3.63) is 65.2 Å². The number of rotatable bonds is 7. The van der Waals surface area contributed by atoms with Crippen LogP contribution in [-0.2, 0) is 11.3 Å². The number of benzene rings is 2. The molecule has 2 atom stereocenters. The van der Waals surface area contributed by atoms with Crippen LogP contribution in [-0.4, -0.2) is 19.1 Å². The van der Waals surface area contributed by atoms with Gasteiger partial charge in [0.25, 0.3) is 0 Å². The lowest BCUT2D eigenvalue weighted by Crippen LogP contribution is -2.42. The first-order chi connectivity index (χ1) is 11.9. The summed E-state index contributed by atoms with van der Waals surface area (Å²) in [5.74, 6) is -0.326. The van der Waals surface area contributed by atoms with Gasteiger partial charge in [-0.25, -0.2) is 8.78 Å². The highest BCUT2D eigenvalue weighted by Crippen LogP contribution is 2.26. The average Bonchev–Trinajstić information content (AvgIpc) is 2.60. The molecule has 0 aliphatic carbocycles. The Morgan fingerprint density at radius 3 is 2.36 bits per heavy atom. The Kier molecular flexibility index (Phi) is 6.47. The van der Waals surface area contributed by atoms with E-state index in [0.29, 0.717) is 17.9 Å².